The topological polar surface area (TPSA) is 44.8 Å². The number of hydrogen-bond donors (Lipinski definition) is 0. The standard InChI is InChI=1S/C21H26ClF3O4S/c1-4-5-6-7-11-20(29-14(2)19(26)27-3)12-10-18(30-20)28-17-9-8-15(13-16(17)22)21(23,24)25/h8-10,13-14H,4-7,11-12H2,1-3H3. The van der Waals surface area contributed by atoms with Gasteiger partial charge in [-0.05, 0) is 44.0 Å². The molecule has 0 bridgehead atoms. The van der Waals surface area contributed by atoms with Crippen LogP contribution in [0.15, 0.2) is 29.4 Å². The van der Waals surface area contributed by atoms with Gasteiger partial charge in [-0.2, -0.15) is 13.2 Å². The van der Waals surface area contributed by atoms with E-state index in [2.05, 4.69) is 6.92 Å². The molecule has 0 saturated heterocycles. The molecule has 0 aromatic heterocycles. The Bertz CT molecular complexity index is 769. The average Bonchev–Trinajstić information content (AvgIpc) is 3.08. The molecule has 0 N–H and O–H groups in total. The van der Waals surface area contributed by atoms with E-state index in [0.717, 1.165) is 37.8 Å². The number of carbonyl (C=O) groups is 1. The number of rotatable bonds is 10. The number of benzene rings is 1. The first kappa shape index (κ1) is 24.9. The molecule has 1 aliphatic rings. The number of unbranched alkanes of at least 4 members (excludes halogenated alkanes) is 3. The molecule has 30 heavy (non-hydrogen) atoms. The summed E-state index contributed by atoms with van der Waals surface area (Å²) < 4.78 is 55.1. The largest absolute Gasteiger partial charge is 0.467 e. The van der Waals surface area contributed by atoms with Crippen molar-refractivity contribution in [2.75, 3.05) is 7.11 Å². The van der Waals surface area contributed by atoms with Crippen LogP contribution >= 0.6 is 23.4 Å². The highest BCUT2D eigenvalue weighted by Gasteiger charge is 2.40. The number of thioether (sulfide) groups is 1. The summed E-state index contributed by atoms with van der Waals surface area (Å²) in [4.78, 5) is 11.1. The van der Waals surface area contributed by atoms with Gasteiger partial charge in [0.15, 0.2) is 11.2 Å². The summed E-state index contributed by atoms with van der Waals surface area (Å²) in [5, 5.41) is 0.347. The van der Waals surface area contributed by atoms with E-state index < -0.39 is 28.7 Å². The van der Waals surface area contributed by atoms with Gasteiger partial charge in [-0.25, -0.2) is 4.79 Å². The molecule has 9 heteroatoms. The normalized spacial score (nSPS) is 20.0. The molecule has 4 nitrogen and oxygen atoms in total. The van der Waals surface area contributed by atoms with Crippen LogP contribution in [0.3, 0.4) is 0 Å². The highest BCUT2D eigenvalue weighted by molar-refractivity contribution is 8.04. The first-order valence-electron chi connectivity index (χ1n) is 9.79. The molecule has 0 amide bonds. The predicted octanol–water partition coefficient (Wildman–Crippen LogP) is 6.96. The van der Waals surface area contributed by atoms with Gasteiger partial charge in [-0.1, -0.05) is 49.5 Å². The zero-order valence-electron chi connectivity index (χ0n) is 17.2. The van der Waals surface area contributed by atoms with E-state index in [1.165, 1.54) is 24.9 Å². The number of hydrogen-bond acceptors (Lipinski definition) is 5. The molecule has 1 aromatic rings. The molecule has 2 unspecified atom stereocenters. The van der Waals surface area contributed by atoms with E-state index in [9.17, 15) is 18.0 Å². The second kappa shape index (κ2) is 10.8. The third-order valence-corrected chi connectivity index (χ3v) is 6.26. The Morgan fingerprint density at radius 1 is 1.30 bits per heavy atom. The summed E-state index contributed by atoms with van der Waals surface area (Å²) >= 11 is 7.31. The summed E-state index contributed by atoms with van der Waals surface area (Å²) in [6.07, 6.45) is 1.92. The van der Waals surface area contributed by atoms with Gasteiger partial charge >= 0.3 is 12.1 Å². The van der Waals surface area contributed by atoms with Crippen LogP contribution in [0.2, 0.25) is 5.02 Å². The van der Waals surface area contributed by atoms with Crippen molar-refractivity contribution >= 4 is 29.3 Å². The minimum Gasteiger partial charge on any atom is -0.467 e. The highest BCUT2D eigenvalue weighted by atomic mass is 35.5. The second-order valence-corrected chi connectivity index (χ2v) is 8.84. The molecule has 0 spiro atoms. The van der Waals surface area contributed by atoms with Gasteiger partial charge in [0.05, 0.1) is 17.7 Å². The summed E-state index contributed by atoms with van der Waals surface area (Å²) in [5.41, 5.74) is -0.839. The van der Waals surface area contributed by atoms with Crippen molar-refractivity contribution in [1.29, 1.82) is 0 Å². The Labute approximate surface area is 184 Å². The lowest BCUT2D eigenvalue weighted by atomic mass is 10.1. The lowest BCUT2D eigenvalue weighted by molar-refractivity contribution is -0.158. The number of carbonyl (C=O) groups excluding carboxylic acids is 1. The molecular weight excluding hydrogens is 441 g/mol. The molecule has 2 atom stereocenters. The summed E-state index contributed by atoms with van der Waals surface area (Å²) in [6.45, 7) is 3.75. The number of methoxy groups -OCH3 is 1. The number of ether oxygens (including phenoxy) is 3. The maximum atomic E-state index is 12.8. The molecule has 0 fully saturated rings. The molecule has 2 rings (SSSR count). The molecule has 1 aliphatic heterocycles. The fourth-order valence-electron chi connectivity index (χ4n) is 3.08. The van der Waals surface area contributed by atoms with Gasteiger partial charge in [0, 0.05) is 6.42 Å². The van der Waals surface area contributed by atoms with E-state index in [1.54, 1.807) is 6.92 Å². The molecule has 0 aliphatic carbocycles. The third-order valence-electron chi connectivity index (χ3n) is 4.67. The van der Waals surface area contributed by atoms with Crippen molar-refractivity contribution < 1.29 is 32.2 Å². The molecule has 0 radical (unpaired) electrons. The van der Waals surface area contributed by atoms with Crippen LogP contribution in [0.1, 0.15) is 57.9 Å². The Hall–Kier alpha value is -1.38. The molecule has 168 valence electrons. The van der Waals surface area contributed by atoms with Crippen molar-refractivity contribution in [1.82, 2.24) is 0 Å². The molecule has 1 heterocycles. The summed E-state index contributed by atoms with van der Waals surface area (Å²) in [5.74, 6) is -0.338. The fourth-order valence-corrected chi connectivity index (χ4v) is 4.57. The van der Waals surface area contributed by atoms with Crippen LogP contribution in [-0.2, 0) is 20.4 Å². The highest BCUT2D eigenvalue weighted by Crippen LogP contribution is 2.48. The van der Waals surface area contributed by atoms with Crippen LogP contribution in [0.4, 0.5) is 13.2 Å². The van der Waals surface area contributed by atoms with E-state index in [-0.39, 0.29) is 10.8 Å². The van der Waals surface area contributed by atoms with Gasteiger partial charge in [0.1, 0.15) is 10.7 Å². The quantitative estimate of drug-likeness (QED) is 0.275. The second-order valence-electron chi connectivity index (χ2n) is 7.08. The first-order chi connectivity index (χ1) is 14.1. The zero-order valence-corrected chi connectivity index (χ0v) is 18.8. The van der Waals surface area contributed by atoms with E-state index in [0.29, 0.717) is 17.9 Å². The van der Waals surface area contributed by atoms with E-state index in [4.69, 9.17) is 25.8 Å². The van der Waals surface area contributed by atoms with Crippen LogP contribution in [0.25, 0.3) is 0 Å². The Balaban J connectivity index is 2.09. The zero-order chi connectivity index (χ0) is 22.4. The van der Waals surface area contributed by atoms with E-state index >= 15 is 0 Å². The van der Waals surface area contributed by atoms with Gasteiger partial charge in [-0.3, -0.25) is 0 Å². The van der Waals surface area contributed by atoms with E-state index in [1.807, 2.05) is 6.08 Å². The Kier molecular flexibility index (Phi) is 8.94. The number of esters is 1. The van der Waals surface area contributed by atoms with Crippen LogP contribution in [0.5, 0.6) is 5.75 Å². The molecular formula is C21H26ClF3O4S. The predicted molar refractivity (Wildman–Crippen MR) is 111 cm³/mol. The van der Waals surface area contributed by atoms with Crippen LogP contribution < -0.4 is 4.74 Å². The van der Waals surface area contributed by atoms with Gasteiger partial charge in [-0.15, -0.1) is 0 Å². The van der Waals surface area contributed by atoms with Gasteiger partial charge in [0.25, 0.3) is 0 Å². The average molecular weight is 467 g/mol. The first-order valence-corrected chi connectivity index (χ1v) is 11.0. The van der Waals surface area contributed by atoms with Gasteiger partial charge < -0.3 is 14.2 Å². The number of alkyl halides is 3. The van der Waals surface area contributed by atoms with Crippen molar-refractivity contribution in [3.05, 3.63) is 40.0 Å². The van der Waals surface area contributed by atoms with Crippen molar-refractivity contribution in [2.45, 2.75) is 69.6 Å². The molecule has 0 saturated carbocycles. The molecule has 1 aromatic carbocycles. The van der Waals surface area contributed by atoms with Gasteiger partial charge in [0.2, 0.25) is 0 Å². The number of halogens is 4. The van der Waals surface area contributed by atoms with Crippen molar-refractivity contribution in [2.24, 2.45) is 0 Å². The minimum atomic E-state index is -4.48. The van der Waals surface area contributed by atoms with Crippen LogP contribution in [0, 0.1) is 0 Å². The lowest BCUT2D eigenvalue weighted by Crippen LogP contribution is -2.35. The maximum Gasteiger partial charge on any atom is 0.416 e. The van der Waals surface area contributed by atoms with Crippen molar-refractivity contribution in [3.63, 3.8) is 0 Å². The fraction of sp³-hybridized carbons (Fsp3) is 0.571. The minimum absolute atomic E-state index is 0.129. The van der Waals surface area contributed by atoms with Crippen molar-refractivity contribution in [3.8, 4) is 5.75 Å². The van der Waals surface area contributed by atoms with Crippen LogP contribution in [-0.4, -0.2) is 24.1 Å². The third kappa shape index (κ3) is 6.82. The Morgan fingerprint density at radius 3 is 2.63 bits per heavy atom. The SMILES string of the molecule is CCCCCCC1(OC(C)C(=O)OC)CC=C(Oc2ccc(C(F)(F)F)cc2Cl)S1. The smallest absolute Gasteiger partial charge is 0.416 e. The Morgan fingerprint density at radius 2 is 2.03 bits per heavy atom. The monoisotopic (exact) mass is 466 g/mol. The lowest BCUT2D eigenvalue weighted by Gasteiger charge is -2.31. The maximum absolute atomic E-state index is 12.8. The summed E-state index contributed by atoms with van der Waals surface area (Å²) in [6, 6.07) is 2.96. The summed E-state index contributed by atoms with van der Waals surface area (Å²) in [7, 11) is 1.30.